The van der Waals surface area contributed by atoms with Gasteiger partial charge in [-0.1, -0.05) is 39.5 Å². The molecule has 0 aliphatic heterocycles. The van der Waals surface area contributed by atoms with Crippen molar-refractivity contribution in [3.05, 3.63) is 0 Å². The first kappa shape index (κ1) is 20.3. The monoisotopic (exact) mass is 369 g/mol. The Balaban J connectivity index is 0. The van der Waals surface area contributed by atoms with Gasteiger partial charge in [0.15, 0.2) is 5.96 Å². The summed E-state index contributed by atoms with van der Waals surface area (Å²) >= 11 is 0. The molecule has 0 fully saturated rings. The Kier molecular flexibility index (Phi) is 13.6. The maximum absolute atomic E-state index is 4.62. The second kappa shape index (κ2) is 12.1. The van der Waals surface area contributed by atoms with Crippen LogP contribution in [0.2, 0.25) is 0 Å². The van der Waals surface area contributed by atoms with E-state index in [2.05, 4.69) is 28.6 Å². The van der Waals surface area contributed by atoms with Gasteiger partial charge in [0.25, 0.3) is 0 Å². The van der Waals surface area contributed by atoms with Gasteiger partial charge in [0.1, 0.15) is 0 Å². The number of unbranched alkanes of at least 4 members (excludes halogenated alkanes) is 3. The molecule has 0 N–H and O–H groups in total. The van der Waals surface area contributed by atoms with Crippen molar-refractivity contribution in [2.75, 3.05) is 34.7 Å². The minimum Gasteiger partial charge on any atom is -0.349 e. The van der Waals surface area contributed by atoms with Crippen LogP contribution in [0.3, 0.4) is 0 Å². The lowest BCUT2D eigenvalue weighted by atomic mass is 10.0. The summed E-state index contributed by atoms with van der Waals surface area (Å²) in [7, 11) is 8.17. The second-order valence-electron chi connectivity index (χ2n) is 5.57. The summed E-state index contributed by atoms with van der Waals surface area (Å²) < 4.78 is 0. The topological polar surface area (TPSA) is 18.8 Å². The molecule has 0 bridgehead atoms. The molecule has 4 heteroatoms. The summed E-state index contributed by atoms with van der Waals surface area (Å²) in [5, 5.41) is 0. The summed E-state index contributed by atoms with van der Waals surface area (Å²) in [4.78, 5) is 8.76. The van der Waals surface area contributed by atoms with Crippen LogP contribution in [-0.4, -0.2) is 50.5 Å². The van der Waals surface area contributed by atoms with Gasteiger partial charge < -0.3 is 9.80 Å². The number of halogens is 1. The summed E-state index contributed by atoms with van der Waals surface area (Å²) in [5.41, 5.74) is 0. The standard InChI is InChI=1S/C14H31N3.HI/c1-13(2)11-9-7-8-10-12-15-14(16(3)4)17(5)6;/h13H,7-12H2,1-6H3;1H. The molecule has 3 nitrogen and oxygen atoms in total. The van der Waals surface area contributed by atoms with Crippen molar-refractivity contribution >= 4 is 29.9 Å². The Bertz CT molecular complexity index is 203. The largest absolute Gasteiger partial charge is 0.349 e. The molecule has 0 unspecified atom stereocenters. The summed E-state index contributed by atoms with van der Waals surface area (Å²) in [6, 6.07) is 0. The van der Waals surface area contributed by atoms with Crippen molar-refractivity contribution in [2.24, 2.45) is 10.9 Å². The average Bonchev–Trinajstić information content (AvgIpc) is 2.20. The molecule has 0 radical (unpaired) electrons. The van der Waals surface area contributed by atoms with Crippen molar-refractivity contribution in [3.8, 4) is 0 Å². The highest BCUT2D eigenvalue weighted by Crippen LogP contribution is 2.09. The Morgan fingerprint density at radius 3 is 1.83 bits per heavy atom. The fraction of sp³-hybridized carbons (Fsp3) is 0.929. The molecule has 0 atom stereocenters. The molecule has 0 aromatic rings. The van der Waals surface area contributed by atoms with Crippen LogP contribution >= 0.6 is 24.0 Å². The molecule has 0 saturated heterocycles. The molecule has 0 spiro atoms. The SMILES string of the molecule is CC(C)CCCCCCN=C(N(C)C)N(C)C.I. The average molecular weight is 369 g/mol. The molecule has 110 valence electrons. The molecular formula is C14H32IN3. The fourth-order valence-electron chi connectivity index (χ4n) is 1.88. The molecule has 0 saturated carbocycles. The van der Waals surface area contributed by atoms with Gasteiger partial charge in [0.05, 0.1) is 0 Å². The number of hydrogen-bond acceptors (Lipinski definition) is 1. The van der Waals surface area contributed by atoms with Crippen molar-refractivity contribution < 1.29 is 0 Å². The highest BCUT2D eigenvalue weighted by molar-refractivity contribution is 14.0. The van der Waals surface area contributed by atoms with Crippen molar-refractivity contribution in [1.29, 1.82) is 0 Å². The first-order valence-corrected chi connectivity index (χ1v) is 6.84. The van der Waals surface area contributed by atoms with E-state index < -0.39 is 0 Å². The van der Waals surface area contributed by atoms with Crippen LogP contribution in [0.5, 0.6) is 0 Å². The highest BCUT2D eigenvalue weighted by atomic mass is 127. The number of rotatable bonds is 7. The van der Waals surface area contributed by atoms with Crippen LogP contribution in [0, 0.1) is 5.92 Å². The Morgan fingerprint density at radius 2 is 1.39 bits per heavy atom. The molecular weight excluding hydrogens is 337 g/mol. The van der Waals surface area contributed by atoms with E-state index in [0.29, 0.717) is 0 Å². The van der Waals surface area contributed by atoms with E-state index in [-0.39, 0.29) is 24.0 Å². The lowest BCUT2D eigenvalue weighted by Gasteiger charge is -2.22. The van der Waals surface area contributed by atoms with Gasteiger partial charge in [-0.25, -0.2) is 0 Å². The zero-order valence-corrected chi connectivity index (χ0v) is 15.4. The minimum atomic E-state index is 0. The molecule has 0 aliphatic carbocycles. The van der Waals surface area contributed by atoms with E-state index in [4.69, 9.17) is 0 Å². The van der Waals surface area contributed by atoms with E-state index >= 15 is 0 Å². The quantitative estimate of drug-likeness (QED) is 0.295. The molecule has 0 aromatic heterocycles. The third kappa shape index (κ3) is 11.1. The van der Waals surface area contributed by atoms with Crippen LogP contribution in [0.1, 0.15) is 46.0 Å². The lowest BCUT2D eigenvalue weighted by molar-refractivity contribution is 0.476. The number of hydrogen-bond donors (Lipinski definition) is 0. The maximum atomic E-state index is 4.62. The van der Waals surface area contributed by atoms with E-state index in [1.165, 1.54) is 32.1 Å². The van der Waals surface area contributed by atoms with Crippen molar-refractivity contribution in [3.63, 3.8) is 0 Å². The predicted octanol–water partition coefficient (Wildman–Crippen LogP) is 3.69. The zero-order chi connectivity index (χ0) is 13.3. The number of aliphatic imine (C=N–C) groups is 1. The maximum Gasteiger partial charge on any atom is 0.195 e. The predicted molar refractivity (Wildman–Crippen MR) is 93.0 cm³/mol. The smallest absolute Gasteiger partial charge is 0.195 e. The Labute approximate surface area is 131 Å². The van der Waals surface area contributed by atoms with Crippen LogP contribution in [0.15, 0.2) is 4.99 Å². The van der Waals surface area contributed by atoms with Crippen LogP contribution < -0.4 is 0 Å². The normalized spacial score (nSPS) is 9.94. The number of nitrogens with zero attached hydrogens (tertiary/aromatic N) is 3. The van der Waals surface area contributed by atoms with Crippen LogP contribution in [-0.2, 0) is 0 Å². The number of guanidine groups is 1. The van der Waals surface area contributed by atoms with E-state index in [0.717, 1.165) is 18.4 Å². The lowest BCUT2D eigenvalue weighted by Crippen LogP contribution is -2.35. The molecule has 0 heterocycles. The van der Waals surface area contributed by atoms with Gasteiger partial charge in [-0.15, -0.1) is 24.0 Å². The zero-order valence-electron chi connectivity index (χ0n) is 13.1. The molecule has 18 heavy (non-hydrogen) atoms. The van der Waals surface area contributed by atoms with Gasteiger partial charge in [0, 0.05) is 34.7 Å². The molecule has 0 rings (SSSR count). The van der Waals surface area contributed by atoms with Crippen LogP contribution in [0.25, 0.3) is 0 Å². The summed E-state index contributed by atoms with van der Waals surface area (Å²) in [6.07, 6.45) is 6.61. The first-order chi connectivity index (χ1) is 7.95. The first-order valence-electron chi connectivity index (χ1n) is 6.84. The molecule has 0 amide bonds. The molecule has 0 aromatic carbocycles. The van der Waals surface area contributed by atoms with Crippen molar-refractivity contribution in [1.82, 2.24) is 9.80 Å². The van der Waals surface area contributed by atoms with Gasteiger partial charge in [-0.3, -0.25) is 4.99 Å². The summed E-state index contributed by atoms with van der Waals surface area (Å²) in [5.74, 6) is 1.91. The third-order valence-electron chi connectivity index (χ3n) is 2.74. The highest BCUT2D eigenvalue weighted by Gasteiger charge is 2.02. The van der Waals surface area contributed by atoms with Crippen molar-refractivity contribution in [2.45, 2.75) is 46.0 Å². The van der Waals surface area contributed by atoms with Crippen LogP contribution in [0.4, 0.5) is 0 Å². The Hall–Kier alpha value is 0. The van der Waals surface area contributed by atoms with E-state index in [1.54, 1.807) is 0 Å². The second-order valence-corrected chi connectivity index (χ2v) is 5.57. The van der Waals surface area contributed by atoms with Gasteiger partial charge >= 0.3 is 0 Å². The van der Waals surface area contributed by atoms with Gasteiger partial charge in [-0.05, 0) is 12.3 Å². The summed E-state index contributed by atoms with van der Waals surface area (Å²) in [6.45, 7) is 5.54. The van der Waals surface area contributed by atoms with E-state index in [1.807, 2.05) is 28.2 Å². The molecule has 0 aliphatic rings. The third-order valence-corrected chi connectivity index (χ3v) is 2.74. The fourth-order valence-corrected chi connectivity index (χ4v) is 1.88. The van der Waals surface area contributed by atoms with Gasteiger partial charge in [-0.2, -0.15) is 0 Å². The Morgan fingerprint density at radius 1 is 0.889 bits per heavy atom. The van der Waals surface area contributed by atoms with E-state index in [9.17, 15) is 0 Å². The van der Waals surface area contributed by atoms with Gasteiger partial charge in [0.2, 0.25) is 0 Å². The minimum absolute atomic E-state index is 0.